The van der Waals surface area contributed by atoms with Crippen LogP contribution in [0, 0.1) is 0 Å². The molecule has 0 unspecified atom stereocenters. The van der Waals surface area contributed by atoms with Gasteiger partial charge in [-0.05, 0) is 49.1 Å². The van der Waals surface area contributed by atoms with Crippen LogP contribution in [0.3, 0.4) is 0 Å². The van der Waals surface area contributed by atoms with Crippen molar-refractivity contribution in [3.63, 3.8) is 0 Å². The molecule has 2 atom stereocenters. The lowest BCUT2D eigenvalue weighted by Gasteiger charge is -2.44. The van der Waals surface area contributed by atoms with Crippen molar-refractivity contribution >= 4 is 17.7 Å². The van der Waals surface area contributed by atoms with Gasteiger partial charge in [-0.2, -0.15) is 0 Å². The van der Waals surface area contributed by atoms with Crippen LogP contribution in [0.25, 0.3) is 0 Å². The zero-order valence-corrected chi connectivity index (χ0v) is 12.7. The van der Waals surface area contributed by atoms with Crippen LogP contribution in [-0.4, -0.2) is 22.9 Å². The largest absolute Gasteiger partial charge is 0.333 e. The summed E-state index contributed by atoms with van der Waals surface area (Å²) in [5.41, 5.74) is 0. The van der Waals surface area contributed by atoms with Gasteiger partial charge in [-0.3, -0.25) is 4.79 Å². The highest BCUT2D eigenvalue weighted by Crippen LogP contribution is 2.38. The quantitative estimate of drug-likeness (QED) is 0.829. The van der Waals surface area contributed by atoms with Crippen LogP contribution >= 0.6 is 11.8 Å². The van der Waals surface area contributed by atoms with E-state index in [0.29, 0.717) is 12.1 Å². The van der Waals surface area contributed by atoms with E-state index in [1.807, 2.05) is 24.3 Å². The minimum Gasteiger partial charge on any atom is -0.333 e. The second-order valence-corrected chi connectivity index (χ2v) is 6.82. The van der Waals surface area contributed by atoms with Crippen molar-refractivity contribution in [3.8, 4) is 0 Å². The van der Waals surface area contributed by atoms with Gasteiger partial charge in [-0.1, -0.05) is 36.9 Å². The predicted molar refractivity (Wildman–Crippen MR) is 83.6 cm³/mol. The number of piperidine rings is 1. The highest BCUT2D eigenvalue weighted by molar-refractivity contribution is 8.03. The molecule has 0 radical (unpaired) electrons. The van der Waals surface area contributed by atoms with E-state index in [1.54, 1.807) is 11.8 Å². The summed E-state index contributed by atoms with van der Waals surface area (Å²) in [6.07, 6.45) is 7.57. The molecule has 1 saturated heterocycles. The fourth-order valence-corrected chi connectivity index (χ4v) is 4.37. The summed E-state index contributed by atoms with van der Waals surface area (Å²) in [6.45, 7) is 2.19. The molecule has 2 aliphatic rings. The third kappa shape index (κ3) is 2.78. The highest BCUT2D eigenvalue weighted by Gasteiger charge is 2.35. The maximum atomic E-state index is 12.4. The molecule has 0 bridgehead atoms. The number of carbonyl (C=O) groups excluding carboxylic acids is 1. The number of amides is 1. The number of hydrogen-bond acceptors (Lipinski definition) is 2. The molecule has 1 aromatic rings. The van der Waals surface area contributed by atoms with Crippen LogP contribution in [0.2, 0.25) is 0 Å². The van der Waals surface area contributed by atoms with Crippen LogP contribution in [0.5, 0.6) is 0 Å². The molecule has 1 aromatic carbocycles. The predicted octanol–water partition coefficient (Wildman–Crippen LogP) is 4.23. The molecule has 0 aromatic heterocycles. The molecule has 3 heteroatoms. The average molecular weight is 287 g/mol. The molecule has 0 aliphatic carbocycles. The summed E-state index contributed by atoms with van der Waals surface area (Å²) < 4.78 is 0. The smallest absolute Gasteiger partial charge is 0.247 e. The first-order valence-electron chi connectivity index (χ1n) is 7.53. The van der Waals surface area contributed by atoms with Crippen molar-refractivity contribution in [2.24, 2.45) is 0 Å². The summed E-state index contributed by atoms with van der Waals surface area (Å²) >= 11 is 1.75. The molecule has 0 saturated carbocycles. The van der Waals surface area contributed by atoms with Crippen molar-refractivity contribution in [1.29, 1.82) is 0 Å². The van der Waals surface area contributed by atoms with Crippen LogP contribution in [0.1, 0.15) is 39.0 Å². The number of nitrogens with zero attached hydrogens (tertiary/aromatic N) is 1. The number of rotatable bonds is 3. The van der Waals surface area contributed by atoms with Crippen molar-refractivity contribution in [1.82, 2.24) is 4.90 Å². The van der Waals surface area contributed by atoms with Gasteiger partial charge in [-0.15, -0.1) is 0 Å². The molecule has 106 valence electrons. The van der Waals surface area contributed by atoms with Gasteiger partial charge < -0.3 is 4.90 Å². The Hall–Kier alpha value is -1.22. The lowest BCUT2D eigenvalue weighted by Crippen LogP contribution is -2.51. The van der Waals surface area contributed by atoms with Crippen molar-refractivity contribution < 1.29 is 4.79 Å². The summed E-state index contributed by atoms with van der Waals surface area (Å²) in [5, 5.41) is 0. The fraction of sp³-hybridized carbons (Fsp3) is 0.471. The maximum absolute atomic E-state index is 12.4. The van der Waals surface area contributed by atoms with Gasteiger partial charge in [0.25, 0.3) is 0 Å². The van der Waals surface area contributed by atoms with E-state index in [0.717, 1.165) is 19.3 Å². The van der Waals surface area contributed by atoms with Gasteiger partial charge in [0.05, 0.1) is 0 Å². The standard InChI is InChI=1S/C17H21NOS/c1-2-13-7-6-8-14-11-16(12-17(19)18(13)14)20-15-9-4-3-5-10-15/h3-5,9-10,12-14H,2,6-8,11H2,1H3/t13-,14+/m0/s1. The van der Waals surface area contributed by atoms with Crippen molar-refractivity contribution in [2.75, 3.05) is 0 Å². The van der Waals surface area contributed by atoms with E-state index in [4.69, 9.17) is 0 Å². The second-order valence-electron chi connectivity index (χ2n) is 5.62. The van der Waals surface area contributed by atoms with E-state index < -0.39 is 0 Å². The lowest BCUT2D eigenvalue weighted by molar-refractivity contribution is -0.133. The zero-order valence-electron chi connectivity index (χ0n) is 11.9. The normalized spacial score (nSPS) is 26.1. The van der Waals surface area contributed by atoms with E-state index >= 15 is 0 Å². The Morgan fingerprint density at radius 1 is 1.25 bits per heavy atom. The second kappa shape index (κ2) is 6.04. The van der Waals surface area contributed by atoms with Crippen molar-refractivity contribution in [3.05, 3.63) is 41.3 Å². The Bertz CT molecular complexity index is 511. The molecule has 1 fully saturated rings. The first-order valence-corrected chi connectivity index (χ1v) is 8.35. The van der Waals surface area contributed by atoms with Crippen molar-refractivity contribution in [2.45, 2.75) is 56.0 Å². The van der Waals surface area contributed by atoms with E-state index in [1.165, 1.54) is 22.6 Å². The number of fused-ring (bicyclic) bond motifs is 1. The fourth-order valence-electron chi connectivity index (χ4n) is 3.34. The van der Waals surface area contributed by atoms with E-state index in [9.17, 15) is 4.79 Å². The van der Waals surface area contributed by atoms with Crippen LogP contribution in [0.15, 0.2) is 46.2 Å². The molecule has 1 amide bonds. The summed E-state index contributed by atoms with van der Waals surface area (Å²) in [7, 11) is 0. The Morgan fingerprint density at radius 3 is 2.80 bits per heavy atom. The van der Waals surface area contributed by atoms with Gasteiger partial charge in [0.2, 0.25) is 5.91 Å². The Morgan fingerprint density at radius 2 is 2.05 bits per heavy atom. The first-order chi connectivity index (χ1) is 9.78. The molecular formula is C17H21NOS. The third-order valence-electron chi connectivity index (χ3n) is 4.30. The topological polar surface area (TPSA) is 20.3 Å². The minimum absolute atomic E-state index is 0.228. The van der Waals surface area contributed by atoms with E-state index in [-0.39, 0.29) is 5.91 Å². The molecule has 20 heavy (non-hydrogen) atoms. The molecule has 2 aliphatic heterocycles. The molecular weight excluding hydrogens is 266 g/mol. The summed E-state index contributed by atoms with van der Waals surface area (Å²) in [6, 6.07) is 11.2. The van der Waals surface area contributed by atoms with Gasteiger partial charge in [0.1, 0.15) is 0 Å². The maximum Gasteiger partial charge on any atom is 0.247 e. The van der Waals surface area contributed by atoms with Gasteiger partial charge >= 0.3 is 0 Å². The first kappa shape index (κ1) is 13.7. The minimum atomic E-state index is 0.228. The van der Waals surface area contributed by atoms with Crippen LogP contribution < -0.4 is 0 Å². The number of carbonyl (C=O) groups is 1. The lowest BCUT2D eigenvalue weighted by atomic mass is 9.90. The molecule has 0 spiro atoms. The Balaban J connectivity index is 1.77. The molecule has 2 heterocycles. The van der Waals surface area contributed by atoms with Gasteiger partial charge in [0.15, 0.2) is 0 Å². The van der Waals surface area contributed by atoms with E-state index in [2.05, 4.69) is 24.0 Å². The number of benzene rings is 1. The Labute approximate surface area is 125 Å². The molecule has 0 N–H and O–H groups in total. The highest BCUT2D eigenvalue weighted by atomic mass is 32.2. The zero-order chi connectivity index (χ0) is 13.9. The Kier molecular flexibility index (Phi) is 4.16. The number of hydrogen-bond donors (Lipinski definition) is 0. The van der Waals surface area contributed by atoms with Gasteiger partial charge in [-0.25, -0.2) is 0 Å². The summed E-state index contributed by atoms with van der Waals surface area (Å²) in [5.74, 6) is 0.228. The monoisotopic (exact) mass is 287 g/mol. The average Bonchev–Trinajstić information content (AvgIpc) is 2.47. The third-order valence-corrected chi connectivity index (χ3v) is 5.36. The molecule has 2 nitrogen and oxygen atoms in total. The number of thioether (sulfide) groups is 1. The van der Waals surface area contributed by atoms with Crippen LogP contribution in [0.4, 0.5) is 0 Å². The molecule has 3 rings (SSSR count). The summed E-state index contributed by atoms with van der Waals surface area (Å²) in [4.78, 5) is 17.0. The van der Waals surface area contributed by atoms with Crippen LogP contribution in [-0.2, 0) is 4.79 Å². The SMILES string of the molecule is CC[C@H]1CCC[C@@H]2CC(Sc3ccccc3)=CC(=O)N21. The van der Waals surface area contributed by atoms with Gasteiger partial charge in [0, 0.05) is 23.1 Å².